The van der Waals surface area contributed by atoms with Crippen molar-refractivity contribution in [3.05, 3.63) is 224 Å². The summed E-state index contributed by atoms with van der Waals surface area (Å²) in [5.74, 6) is 2.85. The number of nitro groups is 2. The molecule has 0 amide bonds. The molecule has 0 N–H and O–H groups in total. The second-order valence-corrected chi connectivity index (χ2v) is 14.9. The highest BCUT2D eigenvalue weighted by molar-refractivity contribution is 5.93. The van der Waals surface area contributed by atoms with E-state index in [-0.39, 0.29) is 11.4 Å². The number of nitrogens with zero attached hydrogens (tertiary/aromatic N) is 4. The lowest BCUT2D eigenvalue weighted by Crippen LogP contribution is -2.32. The maximum Gasteiger partial charge on any atom is 0.269 e. The molecule has 11 heteroatoms. The second-order valence-electron chi connectivity index (χ2n) is 14.9. The molecule has 1 heterocycles. The molecule has 0 radical (unpaired) electrons. The van der Waals surface area contributed by atoms with Crippen molar-refractivity contribution in [1.82, 2.24) is 0 Å². The van der Waals surface area contributed by atoms with Crippen LogP contribution in [0.2, 0.25) is 0 Å². The summed E-state index contributed by atoms with van der Waals surface area (Å²) < 4.78 is 17.7. The van der Waals surface area contributed by atoms with Gasteiger partial charge in [0.05, 0.1) is 29.5 Å². The fraction of sp³-hybridized carbons (Fsp3) is 0.0588. The molecule has 8 aromatic carbocycles. The van der Waals surface area contributed by atoms with Gasteiger partial charge >= 0.3 is 0 Å². The standard InChI is InChI=1S/C51H36N4O7/c1-60-41-25-19-35(20-26-41)52(33-11-15-37(16-12-33)54(56)57)39-23-29-43-44-30-24-40(53(36-21-27-42(61-2)28-22-36)34-13-17-38(18-14-34)55(58)59)32-48(44)51(47(43)31-39)45-7-3-5-9-49(45)62-50-10-6-4-8-46(50)51/h3-32H,1-2H3. The van der Waals surface area contributed by atoms with Gasteiger partial charge in [-0.15, -0.1) is 0 Å². The van der Waals surface area contributed by atoms with Crippen molar-refractivity contribution in [2.75, 3.05) is 24.0 Å². The zero-order valence-corrected chi connectivity index (χ0v) is 33.5. The van der Waals surface area contributed by atoms with Crippen molar-refractivity contribution >= 4 is 45.5 Å². The summed E-state index contributed by atoms with van der Waals surface area (Å²) in [4.78, 5) is 26.8. The van der Waals surface area contributed by atoms with Crippen molar-refractivity contribution < 1.29 is 24.1 Å². The van der Waals surface area contributed by atoms with Crippen LogP contribution in [0.4, 0.5) is 45.5 Å². The Balaban J connectivity index is 1.23. The summed E-state index contributed by atoms with van der Waals surface area (Å²) in [6.45, 7) is 0. The molecule has 0 fully saturated rings. The van der Waals surface area contributed by atoms with Crippen molar-refractivity contribution in [2.45, 2.75) is 5.41 Å². The van der Waals surface area contributed by atoms with Crippen LogP contribution in [0.15, 0.2) is 182 Å². The van der Waals surface area contributed by atoms with E-state index in [2.05, 4.69) is 58.3 Å². The van der Waals surface area contributed by atoms with Gasteiger partial charge in [0.1, 0.15) is 23.0 Å². The fourth-order valence-corrected chi connectivity index (χ4v) is 8.96. The molecule has 10 rings (SSSR count). The molecule has 0 saturated heterocycles. The van der Waals surface area contributed by atoms with E-state index in [9.17, 15) is 20.2 Å². The molecule has 0 bridgehead atoms. The average Bonchev–Trinajstić information content (AvgIpc) is 3.59. The monoisotopic (exact) mass is 816 g/mol. The van der Waals surface area contributed by atoms with Gasteiger partial charge in [0.2, 0.25) is 0 Å². The Labute approximate surface area is 356 Å². The Morgan fingerprint density at radius 2 is 0.774 bits per heavy atom. The van der Waals surface area contributed by atoms with E-state index in [0.717, 1.165) is 79.0 Å². The van der Waals surface area contributed by atoms with Crippen LogP contribution in [-0.4, -0.2) is 24.1 Å². The molecule has 62 heavy (non-hydrogen) atoms. The molecule has 0 unspecified atom stereocenters. The lowest BCUT2D eigenvalue weighted by molar-refractivity contribution is -0.385. The van der Waals surface area contributed by atoms with Crippen molar-refractivity contribution in [3.8, 4) is 34.1 Å². The normalized spacial score (nSPS) is 12.5. The van der Waals surface area contributed by atoms with E-state index in [4.69, 9.17) is 14.2 Å². The lowest BCUT2D eigenvalue weighted by Gasteiger charge is -2.40. The minimum absolute atomic E-state index is 0.00424. The maximum absolute atomic E-state index is 11.7. The van der Waals surface area contributed by atoms with E-state index in [1.807, 2.05) is 84.9 Å². The number of benzene rings is 8. The SMILES string of the molecule is COc1ccc(N(c2ccc([N+](=O)[O-])cc2)c2ccc3c(c2)C2(c4ccccc4Oc4ccccc42)c2cc(N(c4ccc(OC)cc4)c4ccc([N+](=O)[O-])cc4)ccc2-3)cc1. The Morgan fingerprint density at radius 1 is 0.435 bits per heavy atom. The molecule has 1 aliphatic heterocycles. The average molecular weight is 817 g/mol. The summed E-state index contributed by atoms with van der Waals surface area (Å²) in [5, 5.41) is 23.5. The third-order valence-electron chi connectivity index (χ3n) is 11.7. The second kappa shape index (κ2) is 15.0. The zero-order chi connectivity index (χ0) is 42.5. The molecule has 0 saturated carbocycles. The minimum Gasteiger partial charge on any atom is -0.497 e. The van der Waals surface area contributed by atoms with Crippen molar-refractivity contribution in [3.63, 3.8) is 0 Å². The van der Waals surface area contributed by atoms with Gasteiger partial charge in [-0.1, -0.05) is 48.5 Å². The molecular weight excluding hydrogens is 781 g/mol. The summed E-state index contributed by atoms with van der Waals surface area (Å²) >= 11 is 0. The van der Waals surface area contributed by atoms with Gasteiger partial charge < -0.3 is 24.0 Å². The third kappa shape index (κ3) is 6.05. The number of anilines is 6. The van der Waals surface area contributed by atoms with Gasteiger partial charge in [0.15, 0.2) is 0 Å². The maximum atomic E-state index is 11.7. The molecule has 0 atom stereocenters. The summed E-state index contributed by atoms with van der Waals surface area (Å²) in [6, 6.07) is 57.7. The molecular formula is C51H36N4O7. The smallest absolute Gasteiger partial charge is 0.269 e. The van der Waals surface area contributed by atoms with Crippen LogP contribution in [0.5, 0.6) is 23.0 Å². The Morgan fingerprint density at radius 3 is 1.13 bits per heavy atom. The number of hydrogen-bond acceptors (Lipinski definition) is 9. The number of hydrogen-bond donors (Lipinski definition) is 0. The van der Waals surface area contributed by atoms with Crippen LogP contribution < -0.4 is 24.0 Å². The van der Waals surface area contributed by atoms with Crippen molar-refractivity contribution in [2.24, 2.45) is 0 Å². The fourth-order valence-electron chi connectivity index (χ4n) is 8.96. The highest BCUT2D eigenvalue weighted by Crippen LogP contribution is 2.63. The molecule has 2 aliphatic rings. The first-order valence-electron chi connectivity index (χ1n) is 19.8. The largest absolute Gasteiger partial charge is 0.497 e. The third-order valence-corrected chi connectivity index (χ3v) is 11.7. The van der Waals surface area contributed by atoms with E-state index in [1.165, 1.54) is 24.3 Å². The molecule has 11 nitrogen and oxygen atoms in total. The molecule has 1 spiro atoms. The Kier molecular flexibility index (Phi) is 9.14. The van der Waals surface area contributed by atoms with Crippen LogP contribution in [-0.2, 0) is 5.41 Å². The van der Waals surface area contributed by atoms with Gasteiger partial charge in [-0.25, -0.2) is 0 Å². The summed E-state index contributed by atoms with van der Waals surface area (Å²) in [7, 11) is 3.25. The van der Waals surface area contributed by atoms with Crippen LogP contribution in [0.3, 0.4) is 0 Å². The van der Waals surface area contributed by atoms with Gasteiger partial charge in [0.25, 0.3) is 11.4 Å². The number of nitro benzene ring substituents is 2. The highest BCUT2D eigenvalue weighted by atomic mass is 16.6. The number of methoxy groups -OCH3 is 2. The number of fused-ring (bicyclic) bond motifs is 9. The van der Waals surface area contributed by atoms with Crippen molar-refractivity contribution in [1.29, 1.82) is 0 Å². The summed E-state index contributed by atoms with van der Waals surface area (Å²) in [5.41, 5.74) is 9.95. The molecule has 1 aliphatic carbocycles. The predicted molar refractivity (Wildman–Crippen MR) is 240 cm³/mol. The molecule has 8 aromatic rings. The topological polar surface area (TPSA) is 120 Å². The Hall–Kier alpha value is -8.44. The predicted octanol–water partition coefficient (Wildman–Crippen LogP) is 12.9. The zero-order valence-electron chi connectivity index (χ0n) is 33.5. The highest BCUT2D eigenvalue weighted by Gasteiger charge is 2.51. The van der Waals surface area contributed by atoms with E-state index in [1.54, 1.807) is 38.5 Å². The van der Waals surface area contributed by atoms with Crippen LogP contribution >= 0.6 is 0 Å². The molecule has 302 valence electrons. The Bertz CT molecular complexity index is 2820. The number of ether oxygens (including phenoxy) is 3. The van der Waals surface area contributed by atoms with Crippen LogP contribution in [0.1, 0.15) is 22.3 Å². The molecule has 0 aromatic heterocycles. The summed E-state index contributed by atoms with van der Waals surface area (Å²) in [6.07, 6.45) is 0. The van der Waals surface area contributed by atoms with Crippen LogP contribution in [0.25, 0.3) is 11.1 Å². The van der Waals surface area contributed by atoms with Gasteiger partial charge in [-0.3, -0.25) is 20.2 Å². The number of para-hydroxylation sites is 2. The minimum atomic E-state index is -0.885. The number of rotatable bonds is 10. The van der Waals surface area contributed by atoms with Gasteiger partial charge in [-0.2, -0.15) is 0 Å². The first-order valence-corrected chi connectivity index (χ1v) is 19.8. The first kappa shape index (κ1) is 37.8. The van der Waals surface area contributed by atoms with E-state index >= 15 is 0 Å². The van der Waals surface area contributed by atoms with E-state index in [0.29, 0.717) is 11.5 Å². The number of non-ortho nitro benzene ring substituents is 2. The lowest BCUT2D eigenvalue weighted by atomic mass is 9.66. The quantitative estimate of drug-likeness (QED) is 0.0981. The van der Waals surface area contributed by atoms with Crippen LogP contribution in [0, 0.1) is 20.2 Å². The van der Waals surface area contributed by atoms with Gasteiger partial charge in [0, 0.05) is 69.5 Å². The van der Waals surface area contributed by atoms with E-state index < -0.39 is 15.3 Å². The first-order chi connectivity index (χ1) is 30.3. The van der Waals surface area contributed by atoms with Gasteiger partial charge in [-0.05, 0) is 131 Å².